The number of hydrogen-bond acceptors (Lipinski definition) is 4. The first-order valence-corrected chi connectivity index (χ1v) is 9.54. The van der Waals surface area contributed by atoms with Gasteiger partial charge in [0, 0.05) is 32.6 Å². The molecule has 0 saturated carbocycles. The van der Waals surface area contributed by atoms with Crippen LogP contribution in [0.4, 0.5) is 0 Å². The first-order valence-electron chi connectivity index (χ1n) is 7.93. The van der Waals surface area contributed by atoms with E-state index in [1.54, 1.807) is 4.31 Å². The summed E-state index contributed by atoms with van der Waals surface area (Å²) in [7, 11) is -3.27. The zero-order valence-corrected chi connectivity index (χ0v) is 14.0. The van der Waals surface area contributed by atoms with Crippen LogP contribution in [-0.4, -0.2) is 61.4 Å². The van der Waals surface area contributed by atoms with Gasteiger partial charge in [0.25, 0.3) is 0 Å². The van der Waals surface area contributed by atoms with Gasteiger partial charge in [-0.05, 0) is 24.9 Å². The van der Waals surface area contributed by atoms with Crippen LogP contribution < -0.4 is 0 Å². The molecular formula is C16H24N2O4S. The smallest absolute Gasteiger partial charge is 0.303 e. The molecular weight excluding hydrogens is 316 g/mol. The van der Waals surface area contributed by atoms with E-state index in [-0.39, 0.29) is 12.2 Å². The molecule has 0 aliphatic carbocycles. The van der Waals surface area contributed by atoms with Crippen molar-refractivity contribution in [3.63, 3.8) is 0 Å². The fourth-order valence-electron chi connectivity index (χ4n) is 2.72. The highest BCUT2D eigenvalue weighted by molar-refractivity contribution is 7.88. The molecule has 0 aromatic heterocycles. The summed E-state index contributed by atoms with van der Waals surface area (Å²) in [5.74, 6) is -0.714. The lowest BCUT2D eigenvalue weighted by atomic mass is 10.2. The van der Waals surface area contributed by atoms with E-state index in [4.69, 9.17) is 5.11 Å². The Bertz CT molecular complexity index is 596. The largest absolute Gasteiger partial charge is 0.481 e. The molecule has 23 heavy (non-hydrogen) atoms. The molecule has 1 aliphatic rings. The van der Waals surface area contributed by atoms with Crippen molar-refractivity contribution in [2.45, 2.75) is 25.0 Å². The van der Waals surface area contributed by atoms with Crippen LogP contribution in [-0.2, 0) is 20.6 Å². The maximum absolute atomic E-state index is 12.4. The Kier molecular flexibility index (Phi) is 6.56. The van der Waals surface area contributed by atoms with Crippen molar-refractivity contribution in [1.82, 2.24) is 9.21 Å². The number of aliphatic carboxylic acids is 1. The quantitative estimate of drug-likeness (QED) is 0.724. The van der Waals surface area contributed by atoms with Gasteiger partial charge in [0.2, 0.25) is 10.0 Å². The molecule has 0 radical (unpaired) electrons. The molecule has 1 aromatic rings. The van der Waals surface area contributed by atoms with Crippen LogP contribution in [0.25, 0.3) is 0 Å². The molecule has 0 spiro atoms. The second kappa shape index (κ2) is 8.42. The summed E-state index contributed by atoms with van der Waals surface area (Å²) in [4.78, 5) is 12.7. The van der Waals surface area contributed by atoms with E-state index >= 15 is 0 Å². The number of unbranched alkanes of at least 4 members (excludes halogenated alkanes) is 1. The second-order valence-corrected chi connectivity index (χ2v) is 7.80. The highest BCUT2D eigenvalue weighted by Gasteiger charge is 2.26. The van der Waals surface area contributed by atoms with Gasteiger partial charge in [-0.15, -0.1) is 0 Å². The normalized spacial score (nSPS) is 17.2. The summed E-state index contributed by atoms with van der Waals surface area (Å²) in [6.45, 7) is 3.27. The Morgan fingerprint density at radius 3 is 2.30 bits per heavy atom. The van der Waals surface area contributed by atoms with Crippen LogP contribution >= 0.6 is 0 Å². The number of sulfonamides is 1. The number of hydrogen-bond donors (Lipinski definition) is 1. The van der Waals surface area contributed by atoms with Gasteiger partial charge < -0.3 is 10.0 Å². The molecule has 0 amide bonds. The van der Waals surface area contributed by atoms with Gasteiger partial charge in [0.1, 0.15) is 0 Å². The molecule has 2 rings (SSSR count). The predicted molar refractivity (Wildman–Crippen MR) is 88.6 cm³/mol. The van der Waals surface area contributed by atoms with Crippen molar-refractivity contribution < 1.29 is 18.3 Å². The van der Waals surface area contributed by atoms with E-state index in [9.17, 15) is 13.2 Å². The Morgan fingerprint density at radius 2 is 1.70 bits per heavy atom. The average Bonchev–Trinajstić information content (AvgIpc) is 2.52. The minimum absolute atomic E-state index is 0.0481. The Morgan fingerprint density at radius 1 is 1.04 bits per heavy atom. The minimum Gasteiger partial charge on any atom is -0.481 e. The van der Waals surface area contributed by atoms with E-state index in [1.807, 2.05) is 30.3 Å². The average molecular weight is 340 g/mol. The van der Waals surface area contributed by atoms with Crippen molar-refractivity contribution in [3.8, 4) is 0 Å². The van der Waals surface area contributed by atoms with Crippen molar-refractivity contribution in [2.24, 2.45) is 0 Å². The third kappa shape index (κ3) is 5.93. The van der Waals surface area contributed by atoms with Crippen LogP contribution in [0, 0.1) is 0 Å². The molecule has 1 aliphatic heterocycles. The summed E-state index contributed by atoms with van der Waals surface area (Å²) >= 11 is 0. The number of carbonyl (C=O) groups is 1. The molecule has 0 atom stereocenters. The summed E-state index contributed by atoms with van der Waals surface area (Å²) in [6, 6.07) is 9.23. The van der Waals surface area contributed by atoms with Gasteiger partial charge in [-0.2, -0.15) is 4.31 Å². The van der Waals surface area contributed by atoms with Crippen LogP contribution in [0.3, 0.4) is 0 Å². The van der Waals surface area contributed by atoms with Gasteiger partial charge in [0.15, 0.2) is 0 Å². The molecule has 1 aromatic carbocycles. The Labute approximate surface area is 137 Å². The summed E-state index contributed by atoms with van der Waals surface area (Å²) < 4.78 is 26.4. The van der Waals surface area contributed by atoms with Gasteiger partial charge in [-0.25, -0.2) is 8.42 Å². The highest BCUT2D eigenvalue weighted by atomic mass is 32.2. The lowest BCUT2D eigenvalue weighted by molar-refractivity contribution is -0.137. The fraction of sp³-hybridized carbons (Fsp3) is 0.562. The maximum atomic E-state index is 12.4. The fourth-order valence-corrected chi connectivity index (χ4v) is 4.23. The number of piperazine rings is 1. The number of nitrogens with zero attached hydrogens (tertiary/aromatic N) is 2. The van der Waals surface area contributed by atoms with Crippen LogP contribution in [0.15, 0.2) is 30.3 Å². The summed E-state index contributed by atoms with van der Waals surface area (Å²) in [5.41, 5.74) is 0.809. The van der Waals surface area contributed by atoms with E-state index in [1.165, 1.54) is 0 Å². The number of benzene rings is 1. The van der Waals surface area contributed by atoms with Crippen molar-refractivity contribution in [1.29, 1.82) is 0 Å². The third-order valence-corrected chi connectivity index (χ3v) is 5.88. The van der Waals surface area contributed by atoms with Crippen molar-refractivity contribution in [3.05, 3.63) is 35.9 Å². The van der Waals surface area contributed by atoms with Gasteiger partial charge in [-0.3, -0.25) is 4.79 Å². The Balaban J connectivity index is 1.76. The van der Waals surface area contributed by atoms with E-state index < -0.39 is 16.0 Å². The monoisotopic (exact) mass is 340 g/mol. The van der Waals surface area contributed by atoms with Gasteiger partial charge in [-0.1, -0.05) is 30.3 Å². The zero-order valence-electron chi connectivity index (χ0n) is 13.2. The highest BCUT2D eigenvalue weighted by Crippen LogP contribution is 2.14. The van der Waals surface area contributed by atoms with E-state index in [2.05, 4.69) is 4.90 Å². The van der Waals surface area contributed by atoms with E-state index in [0.717, 1.165) is 18.5 Å². The summed E-state index contributed by atoms with van der Waals surface area (Å²) in [5, 5.41) is 8.61. The number of rotatable bonds is 8. The lowest BCUT2D eigenvalue weighted by Crippen LogP contribution is -2.49. The number of carboxylic acid groups (broad SMARTS) is 1. The van der Waals surface area contributed by atoms with E-state index in [0.29, 0.717) is 32.6 Å². The topological polar surface area (TPSA) is 77.9 Å². The molecule has 0 bridgehead atoms. The lowest BCUT2D eigenvalue weighted by Gasteiger charge is -2.34. The molecule has 7 heteroatoms. The van der Waals surface area contributed by atoms with Gasteiger partial charge in [0.05, 0.1) is 5.75 Å². The second-order valence-electron chi connectivity index (χ2n) is 5.83. The SMILES string of the molecule is O=C(O)CCCCN1CCN(S(=O)(=O)Cc2ccccc2)CC1. The van der Waals surface area contributed by atoms with Gasteiger partial charge >= 0.3 is 5.97 Å². The van der Waals surface area contributed by atoms with Crippen molar-refractivity contribution in [2.75, 3.05) is 32.7 Å². The molecule has 1 saturated heterocycles. The molecule has 128 valence electrons. The van der Waals surface area contributed by atoms with Crippen molar-refractivity contribution >= 4 is 16.0 Å². The zero-order chi connectivity index (χ0) is 16.7. The standard InChI is InChI=1S/C16H24N2O4S/c19-16(20)8-4-5-9-17-10-12-18(13-11-17)23(21,22)14-15-6-2-1-3-7-15/h1-3,6-7H,4-5,8-14H2,(H,19,20). The summed E-state index contributed by atoms with van der Waals surface area (Å²) in [6.07, 6.45) is 1.70. The minimum atomic E-state index is -3.27. The number of carboxylic acids is 1. The first-order chi connectivity index (χ1) is 11.0. The first kappa shape index (κ1) is 17.9. The van der Waals surface area contributed by atoms with Crippen LogP contribution in [0.5, 0.6) is 0 Å². The molecule has 6 nitrogen and oxygen atoms in total. The third-order valence-electron chi connectivity index (χ3n) is 4.03. The Hall–Kier alpha value is -1.44. The molecule has 1 fully saturated rings. The molecule has 1 N–H and O–H groups in total. The van der Waals surface area contributed by atoms with Crippen LogP contribution in [0.1, 0.15) is 24.8 Å². The maximum Gasteiger partial charge on any atom is 0.303 e. The molecule has 1 heterocycles. The molecule has 0 unspecified atom stereocenters. The van der Waals surface area contributed by atoms with Crippen LogP contribution in [0.2, 0.25) is 0 Å². The predicted octanol–water partition coefficient (Wildman–Crippen LogP) is 1.39.